The first kappa shape index (κ1) is 12.8. The summed E-state index contributed by atoms with van der Waals surface area (Å²) in [6, 6.07) is 7.45. The number of nitrogens with zero attached hydrogens (tertiary/aromatic N) is 1. The highest BCUT2D eigenvalue weighted by Gasteiger charge is 2.13. The number of carboxylic acid groups (broad SMARTS) is 1. The van der Waals surface area contributed by atoms with Crippen molar-refractivity contribution in [3.8, 4) is 0 Å². The van der Waals surface area contributed by atoms with Gasteiger partial charge in [0.1, 0.15) is 6.04 Å². The van der Waals surface area contributed by atoms with Crippen LogP contribution < -0.4 is 10.6 Å². The minimum atomic E-state index is -1.09. The third kappa shape index (κ3) is 3.19. The van der Waals surface area contributed by atoms with Gasteiger partial charge in [-0.05, 0) is 31.2 Å². The molecule has 0 saturated heterocycles. The normalized spacial score (nSPS) is 11.8. The van der Waals surface area contributed by atoms with Gasteiger partial charge in [-0.2, -0.15) is 0 Å². The summed E-state index contributed by atoms with van der Waals surface area (Å²) in [5.74, 6) is -1.09. The molecule has 1 atom stereocenters. The van der Waals surface area contributed by atoms with Gasteiger partial charge in [-0.15, -0.1) is 0 Å². The lowest BCUT2D eigenvalue weighted by Gasteiger charge is -2.11. The molecule has 98 valence electrons. The first-order valence-corrected chi connectivity index (χ1v) is 5.71. The Morgan fingerprint density at radius 1 is 1.32 bits per heavy atom. The number of nitrogens with one attached hydrogen (secondary N) is 2. The van der Waals surface area contributed by atoms with Crippen LogP contribution in [0.5, 0.6) is 0 Å². The molecule has 1 unspecified atom stereocenters. The molecule has 19 heavy (non-hydrogen) atoms. The van der Waals surface area contributed by atoms with E-state index in [0.29, 0.717) is 5.69 Å². The Morgan fingerprint density at radius 2 is 2.11 bits per heavy atom. The molecule has 1 aromatic heterocycles. The molecule has 6 nitrogen and oxygen atoms in total. The van der Waals surface area contributed by atoms with Crippen LogP contribution in [0.1, 0.15) is 6.92 Å². The zero-order valence-corrected chi connectivity index (χ0v) is 10.3. The van der Waals surface area contributed by atoms with Crippen LogP contribution in [0.25, 0.3) is 10.9 Å². The molecule has 0 aliphatic carbocycles. The monoisotopic (exact) mass is 259 g/mol. The van der Waals surface area contributed by atoms with E-state index in [1.165, 1.54) is 6.92 Å². The first-order valence-electron chi connectivity index (χ1n) is 5.71. The van der Waals surface area contributed by atoms with Gasteiger partial charge in [0.05, 0.1) is 5.52 Å². The summed E-state index contributed by atoms with van der Waals surface area (Å²) in [6.45, 7) is 1.40. The molecule has 0 radical (unpaired) electrons. The molecule has 2 amide bonds. The van der Waals surface area contributed by atoms with Crippen molar-refractivity contribution in [3.05, 3.63) is 36.5 Å². The van der Waals surface area contributed by atoms with Gasteiger partial charge in [0.15, 0.2) is 0 Å². The lowest BCUT2D eigenvalue weighted by atomic mass is 10.2. The minimum Gasteiger partial charge on any atom is -0.480 e. The molecular formula is C13H13N3O3. The summed E-state index contributed by atoms with van der Waals surface area (Å²) < 4.78 is 0. The Kier molecular flexibility index (Phi) is 3.61. The van der Waals surface area contributed by atoms with Crippen LogP contribution in [0.4, 0.5) is 10.5 Å². The van der Waals surface area contributed by atoms with Crippen molar-refractivity contribution in [1.82, 2.24) is 10.3 Å². The summed E-state index contributed by atoms with van der Waals surface area (Å²) in [7, 11) is 0. The maximum Gasteiger partial charge on any atom is 0.325 e. The van der Waals surface area contributed by atoms with Gasteiger partial charge in [0, 0.05) is 17.3 Å². The summed E-state index contributed by atoms with van der Waals surface area (Å²) in [5.41, 5.74) is 1.41. The molecule has 0 fully saturated rings. The highest BCUT2D eigenvalue weighted by atomic mass is 16.4. The van der Waals surface area contributed by atoms with Gasteiger partial charge in [0.25, 0.3) is 0 Å². The van der Waals surface area contributed by atoms with Crippen molar-refractivity contribution in [2.45, 2.75) is 13.0 Å². The summed E-state index contributed by atoms with van der Waals surface area (Å²) in [6.07, 6.45) is 1.69. The number of urea groups is 1. The van der Waals surface area contributed by atoms with E-state index in [2.05, 4.69) is 15.6 Å². The van der Waals surface area contributed by atoms with Crippen molar-refractivity contribution in [2.75, 3.05) is 5.32 Å². The number of hydrogen-bond acceptors (Lipinski definition) is 3. The molecule has 0 saturated carbocycles. The second-order valence-corrected chi connectivity index (χ2v) is 4.07. The van der Waals surface area contributed by atoms with Gasteiger partial charge in [-0.3, -0.25) is 9.78 Å². The second-order valence-electron chi connectivity index (χ2n) is 4.07. The van der Waals surface area contributed by atoms with Gasteiger partial charge in [-0.1, -0.05) is 6.07 Å². The van der Waals surface area contributed by atoms with E-state index in [9.17, 15) is 9.59 Å². The smallest absolute Gasteiger partial charge is 0.325 e. The number of carboxylic acids is 1. The number of anilines is 1. The predicted molar refractivity (Wildman–Crippen MR) is 71.0 cm³/mol. The van der Waals surface area contributed by atoms with Crippen LogP contribution in [0, 0.1) is 0 Å². The molecule has 1 heterocycles. The van der Waals surface area contributed by atoms with Gasteiger partial charge < -0.3 is 15.7 Å². The standard InChI is InChI=1S/C13H13N3O3/c1-8(12(17)18)15-13(19)16-10-4-5-11-9(7-10)3-2-6-14-11/h2-8H,1H3,(H,17,18)(H2,15,16,19). The highest BCUT2D eigenvalue weighted by Crippen LogP contribution is 2.16. The Hall–Kier alpha value is -2.63. The SMILES string of the molecule is CC(NC(=O)Nc1ccc2ncccc2c1)C(=O)O. The molecule has 6 heteroatoms. The second kappa shape index (κ2) is 5.34. The number of fused-ring (bicyclic) bond motifs is 1. The lowest BCUT2D eigenvalue weighted by molar-refractivity contribution is -0.138. The maximum absolute atomic E-state index is 11.6. The first-order chi connectivity index (χ1) is 9.06. The molecule has 1 aromatic carbocycles. The van der Waals surface area contributed by atoms with Crippen molar-refractivity contribution in [2.24, 2.45) is 0 Å². The highest BCUT2D eigenvalue weighted by molar-refractivity contribution is 5.94. The quantitative estimate of drug-likeness (QED) is 0.784. The number of carbonyl (C=O) groups excluding carboxylic acids is 1. The van der Waals surface area contributed by atoms with Crippen LogP contribution >= 0.6 is 0 Å². The van der Waals surface area contributed by atoms with Gasteiger partial charge in [-0.25, -0.2) is 4.79 Å². The molecule has 0 aliphatic heterocycles. The summed E-state index contributed by atoms with van der Waals surface area (Å²) in [4.78, 5) is 26.3. The number of carbonyl (C=O) groups is 2. The summed E-state index contributed by atoms with van der Waals surface area (Å²) >= 11 is 0. The Balaban J connectivity index is 2.09. The van der Waals surface area contributed by atoms with Crippen LogP contribution in [-0.2, 0) is 4.79 Å². The van der Waals surface area contributed by atoms with E-state index >= 15 is 0 Å². The Morgan fingerprint density at radius 3 is 2.84 bits per heavy atom. The fourth-order valence-electron chi connectivity index (χ4n) is 1.58. The third-order valence-corrected chi connectivity index (χ3v) is 2.58. The van der Waals surface area contributed by atoms with Crippen molar-refractivity contribution >= 4 is 28.6 Å². The fraction of sp³-hybridized carbons (Fsp3) is 0.154. The van der Waals surface area contributed by atoms with E-state index in [0.717, 1.165) is 10.9 Å². The zero-order chi connectivity index (χ0) is 13.8. The predicted octanol–water partition coefficient (Wildman–Crippen LogP) is 1.83. The Bertz CT molecular complexity index is 627. The number of amides is 2. The van der Waals surface area contributed by atoms with E-state index < -0.39 is 18.0 Å². The molecule has 2 aromatic rings. The molecule has 0 bridgehead atoms. The van der Waals surface area contributed by atoms with Crippen molar-refractivity contribution in [1.29, 1.82) is 0 Å². The lowest BCUT2D eigenvalue weighted by Crippen LogP contribution is -2.40. The minimum absolute atomic E-state index is 0.557. The molecule has 3 N–H and O–H groups in total. The van der Waals surface area contributed by atoms with Crippen LogP contribution in [0.2, 0.25) is 0 Å². The molecular weight excluding hydrogens is 246 g/mol. The zero-order valence-electron chi connectivity index (χ0n) is 10.3. The van der Waals surface area contributed by atoms with E-state index in [1.807, 2.05) is 6.07 Å². The molecule has 0 spiro atoms. The molecule has 0 aliphatic rings. The van der Waals surface area contributed by atoms with Crippen LogP contribution in [0.15, 0.2) is 36.5 Å². The van der Waals surface area contributed by atoms with Gasteiger partial charge >= 0.3 is 12.0 Å². The number of aromatic nitrogens is 1. The van der Waals surface area contributed by atoms with Gasteiger partial charge in [0.2, 0.25) is 0 Å². The number of benzene rings is 1. The maximum atomic E-state index is 11.6. The number of pyridine rings is 1. The topological polar surface area (TPSA) is 91.3 Å². The molecule has 2 rings (SSSR count). The number of rotatable bonds is 3. The Labute approximate surface area is 109 Å². The fourth-order valence-corrected chi connectivity index (χ4v) is 1.58. The largest absolute Gasteiger partial charge is 0.480 e. The summed E-state index contributed by atoms with van der Waals surface area (Å²) in [5, 5.41) is 14.5. The van der Waals surface area contributed by atoms with Crippen molar-refractivity contribution < 1.29 is 14.7 Å². The van der Waals surface area contributed by atoms with Crippen molar-refractivity contribution in [3.63, 3.8) is 0 Å². The third-order valence-electron chi connectivity index (χ3n) is 2.58. The van der Waals surface area contributed by atoms with Crippen LogP contribution in [0.3, 0.4) is 0 Å². The number of hydrogen-bond donors (Lipinski definition) is 3. The average Bonchev–Trinajstić information content (AvgIpc) is 2.38. The van der Waals surface area contributed by atoms with Crippen LogP contribution in [-0.4, -0.2) is 28.1 Å². The average molecular weight is 259 g/mol. The van der Waals surface area contributed by atoms with E-state index in [1.54, 1.807) is 30.5 Å². The number of aliphatic carboxylic acids is 1. The van der Waals surface area contributed by atoms with E-state index in [4.69, 9.17) is 5.11 Å². The van der Waals surface area contributed by atoms with E-state index in [-0.39, 0.29) is 0 Å².